The summed E-state index contributed by atoms with van der Waals surface area (Å²) in [6, 6.07) is 17.8. The fourth-order valence-corrected chi connectivity index (χ4v) is 4.43. The normalized spacial score (nSPS) is 12.6. The quantitative estimate of drug-likeness (QED) is 0.205. The predicted molar refractivity (Wildman–Crippen MR) is 153 cm³/mol. The topological polar surface area (TPSA) is 153 Å². The molecule has 4 aromatic rings. The molecule has 1 amide bonds. The number of amides is 1. The SMILES string of the molecule is CCNC(C)(C)C=C(C#N)C(=O)N[C@@H](C)Cn1c(=O)n(-c2ccc(Oc3ccccc3)cc2)c2c(N)ncnc21. The molecule has 206 valence electrons. The maximum atomic E-state index is 13.7. The Morgan fingerprint density at radius 2 is 1.82 bits per heavy atom. The van der Waals surface area contributed by atoms with Crippen LogP contribution in [-0.2, 0) is 11.3 Å². The molecule has 0 aliphatic carbocycles. The molecule has 0 bridgehead atoms. The highest BCUT2D eigenvalue weighted by Gasteiger charge is 2.23. The van der Waals surface area contributed by atoms with E-state index >= 15 is 0 Å². The van der Waals surface area contributed by atoms with Crippen molar-refractivity contribution in [3.63, 3.8) is 0 Å². The van der Waals surface area contributed by atoms with Gasteiger partial charge in [-0.15, -0.1) is 0 Å². The van der Waals surface area contributed by atoms with Crippen LogP contribution < -0.4 is 26.8 Å². The van der Waals surface area contributed by atoms with Gasteiger partial charge in [0.25, 0.3) is 5.91 Å². The van der Waals surface area contributed by atoms with Crippen LogP contribution in [0.5, 0.6) is 11.5 Å². The molecular weight excluding hydrogens is 508 g/mol. The maximum absolute atomic E-state index is 13.7. The number of para-hydroxylation sites is 1. The predicted octanol–water partition coefficient (Wildman–Crippen LogP) is 3.30. The van der Waals surface area contributed by atoms with Crippen molar-refractivity contribution in [2.45, 2.75) is 45.8 Å². The summed E-state index contributed by atoms with van der Waals surface area (Å²) in [4.78, 5) is 34.9. The average molecular weight is 541 g/mol. The number of nitrogens with two attached hydrogens (primary N) is 1. The van der Waals surface area contributed by atoms with Crippen molar-refractivity contribution in [3.8, 4) is 23.3 Å². The molecule has 0 fully saturated rings. The molecule has 0 aliphatic heterocycles. The number of carbonyl (C=O) groups is 1. The summed E-state index contributed by atoms with van der Waals surface area (Å²) in [6.07, 6.45) is 2.88. The Morgan fingerprint density at radius 1 is 1.15 bits per heavy atom. The Bertz CT molecular complexity index is 1630. The lowest BCUT2D eigenvalue weighted by molar-refractivity contribution is -0.117. The molecule has 0 spiro atoms. The van der Waals surface area contributed by atoms with Gasteiger partial charge in [-0.3, -0.25) is 13.9 Å². The lowest BCUT2D eigenvalue weighted by Crippen LogP contribution is -2.41. The number of rotatable bonds is 10. The van der Waals surface area contributed by atoms with E-state index in [0.717, 1.165) is 0 Å². The van der Waals surface area contributed by atoms with Crippen molar-refractivity contribution in [1.29, 1.82) is 5.26 Å². The molecule has 0 radical (unpaired) electrons. The summed E-state index contributed by atoms with van der Waals surface area (Å²) >= 11 is 0. The fourth-order valence-electron chi connectivity index (χ4n) is 4.43. The van der Waals surface area contributed by atoms with Gasteiger partial charge in [-0.05, 0) is 69.8 Å². The summed E-state index contributed by atoms with van der Waals surface area (Å²) in [6.45, 7) is 8.22. The van der Waals surface area contributed by atoms with E-state index in [9.17, 15) is 14.9 Å². The Kier molecular flexibility index (Phi) is 8.31. The molecule has 2 heterocycles. The third-order valence-electron chi connectivity index (χ3n) is 6.14. The first-order valence-corrected chi connectivity index (χ1v) is 12.9. The van der Waals surface area contributed by atoms with E-state index in [0.29, 0.717) is 34.9 Å². The Labute approximate surface area is 231 Å². The number of hydrogen-bond donors (Lipinski definition) is 3. The number of ether oxygens (including phenoxy) is 1. The van der Waals surface area contributed by atoms with E-state index in [1.54, 1.807) is 37.3 Å². The summed E-state index contributed by atoms with van der Waals surface area (Å²) in [5.74, 6) is 0.909. The van der Waals surface area contributed by atoms with Gasteiger partial charge in [-0.2, -0.15) is 5.26 Å². The number of nitrogen functional groups attached to an aromatic ring is 1. The minimum atomic E-state index is -0.541. The van der Waals surface area contributed by atoms with Crippen molar-refractivity contribution >= 4 is 22.9 Å². The second kappa shape index (κ2) is 11.8. The first kappa shape index (κ1) is 28.1. The summed E-state index contributed by atoms with van der Waals surface area (Å²) in [7, 11) is 0. The van der Waals surface area contributed by atoms with Crippen LogP contribution in [0, 0.1) is 11.3 Å². The number of anilines is 1. The maximum Gasteiger partial charge on any atom is 0.335 e. The Hall–Kier alpha value is -4.95. The van der Waals surface area contributed by atoms with Crippen LogP contribution in [-0.4, -0.2) is 43.1 Å². The number of aromatic nitrogens is 4. The van der Waals surface area contributed by atoms with Crippen LogP contribution in [0.4, 0.5) is 5.82 Å². The minimum absolute atomic E-state index is 0.0167. The van der Waals surface area contributed by atoms with Gasteiger partial charge in [0.15, 0.2) is 11.5 Å². The van der Waals surface area contributed by atoms with Crippen LogP contribution in [0.3, 0.4) is 0 Å². The lowest BCUT2D eigenvalue weighted by atomic mass is 10.0. The van der Waals surface area contributed by atoms with E-state index < -0.39 is 23.2 Å². The van der Waals surface area contributed by atoms with Crippen molar-refractivity contribution in [2.24, 2.45) is 0 Å². The minimum Gasteiger partial charge on any atom is -0.457 e. The second-order valence-corrected chi connectivity index (χ2v) is 9.87. The third-order valence-corrected chi connectivity index (χ3v) is 6.14. The number of imidazole rings is 1. The number of nitrogens with zero attached hydrogens (tertiary/aromatic N) is 5. The van der Waals surface area contributed by atoms with Crippen molar-refractivity contribution < 1.29 is 9.53 Å². The van der Waals surface area contributed by atoms with Crippen LogP contribution in [0.15, 0.2) is 77.4 Å². The van der Waals surface area contributed by atoms with Gasteiger partial charge < -0.3 is 21.1 Å². The Balaban J connectivity index is 1.62. The largest absolute Gasteiger partial charge is 0.457 e. The number of likely N-dealkylation sites (N-methyl/N-ethyl adjacent to an activating group) is 1. The molecule has 0 saturated heterocycles. The zero-order valence-corrected chi connectivity index (χ0v) is 22.9. The van der Waals surface area contributed by atoms with E-state index in [-0.39, 0.29) is 17.9 Å². The molecule has 11 heteroatoms. The first-order valence-electron chi connectivity index (χ1n) is 12.9. The van der Waals surface area contributed by atoms with E-state index in [2.05, 4.69) is 20.6 Å². The third kappa shape index (κ3) is 6.19. The van der Waals surface area contributed by atoms with Gasteiger partial charge in [0.05, 0.1) is 5.69 Å². The highest BCUT2D eigenvalue weighted by atomic mass is 16.5. The number of fused-ring (bicyclic) bond motifs is 1. The highest BCUT2D eigenvalue weighted by molar-refractivity contribution is 5.97. The summed E-state index contributed by atoms with van der Waals surface area (Å²) in [5, 5.41) is 15.6. The molecule has 0 aliphatic rings. The number of hydrogen-bond acceptors (Lipinski definition) is 8. The standard InChI is InChI=1S/C29H32N8O3/c1-5-34-29(3,4)15-20(16-30)27(38)35-19(2)17-36-26-24(25(31)32-18-33-26)37(28(36)39)21-11-13-23(14-12-21)40-22-9-7-6-8-10-22/h6-15,18-19,34H,5,17H2,1-4H3,(H,35,38)(H2,31,32,33)/t19-/m0/s1. The van der Waals surface area contributed by atoms with Crippen LogP contribution in [0.2, 0.25) is 0 Å². The number of nitriles is 1. The molecule has 11 nitrogen and oxygen atoms in total. The van der Waals surface area contributed by atoms with E-state index in [1.807, 2.05) is 57.2 Å². The first-order chi connectivity index (χ1) is 19.1. The zero-order chi connectivity index (χ0) is 28.9. The van der Waals surface area contributed by atoms with Crippen molar-refractivity contribution in [3.05, 3.63) is 83.1 Å². The molecule has 40 heavy (non-hydrogen) atoms. The fraction of sp³-hybridized carbons (Fsp3) is 0.276. The monoisotopic (exact) mass is 540 g/mol. The van der Waals surface area contributed by atoms with Gasteiger partial charge in [-0.1, -0.05) is 25.1 Å². The smallest absolute Gasteiger partial charge is 0.335 e. The van der Waals surface area contributed by atoms with Crippen LogP contribution >= 0.6 is 0 Å². The van der Waals surface area contributed by atoms with E-state index in [4.69, 9.17) is 10.5 Å². The summed E-state index contributed by atoms with van der Waals surface area (Å²) < 4.78 is 8.74. The van der Waals surface area contributed by atoms with Gasteiger partial charge in [0.1, 0.15) is 35.0 Å². The summed E-state index contributed by atoms with van der Waals surface area (Å²) in [5.41, 5.74) is 6.47. The van der Waals surface area contributed by atoms with Crippen LogP contribution in [0.25, 0.3) is 16.9 Å². The van der Waals surface area contributed by atoms with E-state index in [1.165, 1.54) is 15.5 Å². The van der Waals surface area contributed by atoms with Gasteiger partial charge in [0.2, 0.25) is 0 Å². The Morgan fingerprint density at radius 3 is 2.48 bits per heavy atom. The second-order valence-electron chi connectivity index (χ2n) is 9.87. The van der Waals surface area contributed by atoms with Crippen molar-refractivity contribution in [1.82, 2.24) is 29.7 Å². The number of carbonyl (C=O) groups excluding carboxylic acids is 1. The number of nitrogens with one attached hydrogen (secondary N) is 2. The lowest BCUT2D eigenvalue weighted by Gasteiger charge is -2.22. The average Bonchev–Trinajstić information content (AvgIpc) is 3.20. The molecule has 2 aromatic heterocycles. The highest BCUT2D eigenvalue weighted by Crippen LogP contribution is 2.25. The molecule has 2 aromatic carbocycles. The molecule has 0 unspecified atom stereocenters. The molecule has 4 N–H and O–H groups in total. The van der Waals surface area contributed by atoms with Crippen LogP contribution in [0.1, 0.15) is 27.7 Å². The molecule has 4 rings (SSSR count). The van der Waals surface area contributed by atoms with Gasteiger partial charge in [-0.25, -0.2) is 14.8 Å². The van der Waals surface area contributed by atoms with Gasteiger partial charge >= 0.3 is 5.69 Å². The zero-order valence-electron chi connectivity index (χ0n) is 22.9. The molecule has 1 atom stereocenters. The van der Waals surface area contributed by atoms with Crippen molar-refractivity contribution in [2.75, 3.05) is 12.3 Å². The molecule has 0 saturated carbocycles. The molecular formula is C29H32N8O3. The number of benzene rings is 2. The van der Waals surface area contributed by atoms with Gasteiger partial charge in [0, 0.05) is 18.1 Å².